The van der Waals surface area contributed by atoms with Gasteiger partial charge in [-0.1, -0.05) is 46.8 Å². The van der Waals surface area contributed by atoms with Crippen LogP contribution >= 0.6 is 0 Å². The topological polar surface area (TPSA) is 46.2 Å². The van der Waals surface area contributed by atoms with Crippen LogP contribution in [0.3, 0.4) is 0 Å². The quantitative estimate of drug-likeness (QED) is 0.898. The van der Waals surface area contributed by atoms with Crippen LogP contribution in [0.2, 0.25) is 0 Å². The molecule has 0 spiro atoms. The average molecular weight is 324 g/mol. The van der Waals surface area contributed by atoms with Crippen molar-refractivity contribution in [2.24, 2.45) is 11.3 Å². The van der Waals surface area contributed by atoms with Gasteiger partial charge < -0.3 is 0 Å². The SMILES string of the molecule is CC1CC(NS(=O)(=O)c2ccc(C(C)C)cc2)CC(C)(C)C1. The molecule has 1 aliphatic carbocycles. The third-order valence-corrected chi connectivity index (χ3v) is 6.10. The van der Waals surface area contributed by atoms with Gasteiger partial charge in [-0.25, -0.2) is 13.1 Å². The molecule has 2 unspecified atom stereocenters. The first-order chi connectivity index (χ1) is 10.1. The smallest absolute Gasteiger partial charge is 0.208 e. The molecule has 0 aliphatic heterocycles. The second-order valence-corrected chi connectivity index (χ2v) is 9.67. The lowest BCUT2D eigenvalue weighted by atomic mass is 9.71. The summed E-state index contributed by atoms with van der Waals surface area (Å²) in [5.41, 5.74) is 1.36. The van der Waals surface area contributed by atoms with Gasteiger partial charge in [0.2, 0.25) is 10.0 Å². The van der Waals surface area contributed by atoms with Gasteiger partial charge in [-0.3, -0.25) is 0 Å². The Balaban J connectivity index is 2.13. The summed E-state index contributed by atoms with van der Waals surface area (Å²) >= 11 is 0. The minimum atomic E-state index is -3.43. The van der Waals surface area contributed by atoms with Crippen LogP contribution in [0.4, 0.5) is 0 Å². The van der Waals surface area contributed by atoms with Crippen molar-refractivity contribution in [2.45, 2.75) is 70.7 Å². The van der Waals surface area contributed by atoms with Crippen molar-refractivity contribution in [2.75, 3.05) is 0 Å². The van der Waals surface area contributed by atoms with E-state index >= 15 is 0 Å². The summed E-state index contributed by atoms with van der Waals surface area (Å²) in [5.74, 6) is 0.962. The van der Waals surface area contributed by atoms with Crippen LogP contribution in [0, 0.1) is 11.3 Å². The second kappa shape index (κ2) is 6.32. The lowest BCUT2D eigenvalue weighted by Gasteiger charge is -2.39. The van der Waals surface area contributed by atoms with Crippen molar-refractivity contribution in [1.82, 2.24) is 4.72 Å². The Bertz CT molecular complexity index is 602. The Morgan fingerprint density at radius 1 is 1.14 bits per heavy atom. The molecule has 22 heavy (non-hydrogen) atoms. The van der Waals surface area contributed by atoms with Crippen molar-refractivity contribution in [3.8, 4) is 0 Å². The molecule has 2 rings (SSSR count). The molecule has 0 heterocycles. The van der Waals surface area contributed by atoms with Gasteiger partial charge in [-0.2, -0.15) is 0 Å². The normalized spacial score (nSPS) is 25.4. The van der Waals surface area contributed by atoms with E-state index in [2.05, 4.69) is 39.3 Å². The lowest BCUT2D eigenvalue weighted by Crippen LogP contribution is -2.42. The molecule has 0 amide bonds. The van der Waals surface area contributed by atoms with Crippen LogP contribution in [-0.4, -0.2) is 14.5 Å². The summed E-state index contributed by atoms with van der Waals surface area (Å²) in [7, 11) is -3.43. The van der Waals surface area contributed by atoms with Gasteiger partial charge in [0.1, 0.15) is 0 Å². The molecule has 1 N–H and O–H groups in total. The molecule has 1 aromatic carbocycles. The third kappa shape index (κ3) is 4.32. The van der Waals surface area contributed by atoms with Crippen molar-refractivity contribution in [3.05, 3.63) is 29.8 Å². The van der Waals surface area contributed by atoms with E-state index in [-0.39, 0.29) is 11.5 Å². The van der Waals surface area contributed by atoms with Gasteiger partial charge in [-0.05, 0) is 54.2 Å². The molecular formula is C18H29NO2S. The zero-order valence-corrected chi connectivity index (χ0v) is 15.2. The molecule has 3 nitrogen and oxygen atoms in total. The summed E-state index contributed by atoms with van der Waals surface area (Å²) < 4.78 is 28.1. The van der Waals surface area contributed by atoms with Crippen molar-refractivity contribution in [1.29, 1.82) is 0 Å². The maximum absolute atomic E-state index is 12.6. The fourth-order valence-corrected chi connectivity index (χ4v) is 5.00. The van der Waals surface area contributed by atoms with Crippen molar-refractivity contribution >= 4 is 10.0 Å². The molecule has 124 valence electrons. The number of hydrogen-bond acceptors (Lipinski definition) is 2. The van der Waals surface area contributed by atoms with Gasteiger partial charge >= 0.3 is 0 Å². The van der Waals surface area contributed by atoms with E-state index in [1.165, 1.54) is 0 Å². The fraction of sp³-hybridized carbons (Fsp3) is 0.667. The number of sulfonamides is 1. The van der Waals surface area contributed by atoms with Gasteiger partial charge in [0.15, 0.2) is 0 Å². The third-order valence-electron chi connectivity index (χ3n) is 4.57. The van der Waals surface area contributed by atoms with Crippen LogP contribution in [0.5, 0.6) is 0 Å². The highest BCUT2D eigenvalue weighted by molar-refractivity contribution is 7.89. The van der Waals surface area contributed by atoms with E-state index in [1.54, 1.807) is 12.1 Å². The van der Waals surface area contributed by atoms with E-state index in [0.29, 0.717) is 16.7 Å². The molecule has 4 heteroatoms. The van der Waals surface area contributed by atoms with E-state index in [0.717, 1.165) is 24.8 Å². The summed E-state index contributed by atoms with van der Waals surface area (Å²) in [6, 6.07) is 7.29. The molecule has 1 saturated carbocycles. The first kappa shape index (κ1) is 17.5. The molecule has 0 saturated heterocycles. The lowest BCUT2D eigenvalue weighted by molar-refractivity contribution is 0.163. The summed E-state index contributed by atoms with van der Waals surface area (Å²) in [5, 5.41) is 0. The number of hydrogen-bond donors (Lipinski definition) is 1. The summed E-state index contributed by atoms with van der Waals surface area (Å²) in [6.07, 6.45) is 2.99. The molecule has 2 atom stereocenters. The first-order valence-corrected chi connectivity index (χ1v) is 9.70. The molecule has 0 radical (unpaired) electrons. The maximum atomic E-state index is 12.6. The largest absolute Gasteiger partial charge is 0.240 e. The fourth-order valence-electron chi connectivity index (χ4n) is 3.76. The molecule has 1 aromatic rings. The van der Waals surface area contributed by atoms with Gasteiger partial charge in [-0.15, -0.1) is 0 Å². The van der Waals surface area contributed by atoms with Crippen LogP contribution in [0.1, 0.15) is 65.4 Å². The van der Waals surface area contributed by atoms with Crippen LogP contribution < -0.4 is 4.72 Å². The van der Waals surface area contributed by atoms with Gasteiger partial charge in [0.05, 0.1) is 4.90 Å². The molecule has 0 aromatic heterocycles. The predicted molar refractivity (Wildman–Crippen MR) is 91.4 cm³/mol. The Morgan fingerprint density at radius 2 is 1.73 bits per heavy atom. The molecule has 1 aliphatic rings. The first-order valence-electron chi connectivity index (χ1n) is 8.21. The van der Waals surface area contributed by atoms with Crippen LogP contribution in [-0.2, 0) is 10.0 Å². The Hall–Kier alpha value is -0.870. The summed E-state index contributed by atoms with van der Waals surface area (Å²) in [4.78, 5) is 0.368. The number of nitrogens with one attached hydrogen (secondary N) is 1. The highest BCUT2D eigenvalue weighted by Crippen LogP contribution is 2.38. The molecule has 0 bridgehead atoms. The minimum absolute atomic E-state index is 0.0357. The monoisotopic (exact) mass is 323 g/mol. The standard InChI is InChI=1S/C18H29NO2S/c1-13(2)15-6-8-17(9-7-15)22(20,21)19-16-10-14(3)11-18(4,5)12-16/h6-9,13-14,16,19H,10-12H2,1-5H3. The van der Waals surface area contributed by atoms with E-state index < -0.39 is 10.0 Å². The molecule has 1 fully saturated rings. The second-order valence-electron chi connectivity index (χ2n) is 7.96. The van der Waals surface area contributed by atoms with Gasteiger partial charge in [0.25, 0.3) is 0 Å². The Labute approximate surface area is 135 Å². The Morgan fingerprint density at radius 3 is 2.23 bits per heavy atom. The number of rotatable bonds is 4. The van der Waals surface area contributed by atoms with Crippen LogP contribution in [0.15, 0.2) is 29.2 Å². The van der Waals surface area contributed by atoms with E-state index in [1.807, 2.05) is 12.1 Å². The average Bonchev–Trinajstić information content (AvgIpc) is 2.35. The van der Waals surface area contributed by atoms with E-state index in [9.17, 15) is 8.42 Å². The van der Waals surface area contributed by atoms with Crippen molar-refractivity contribution < 1.29 is 8.42 Å². The maximum Gasteiger partial charge on any atom is 0.240 e. The number of benzene rings is 1. The van der Waals surface area contributed by atoms with Crippen LogP contribution in [0.25, 0.3) is 0 Å². The van der Waals surface area contributed by atoms with E-state index in [4.69, 9.17) is 0 Å². The highest BCUT2D eigenvalue weighted by Gasteiger charge is 2.34. The highest BCUT2D eigenvalue weighted by atomic mass is 32.2. The minimum Gasteiger partial charge on any atom is -0.208 e. The predicted octanol–water partition coefficient (Wildman–Crippen LogP) is 4.30. The Kier molecular flexibility index (Phi) is 5.03. The van der Waals surface area contributed by atoms with Crippen molar-refractivity contribution in [3.63, 3.8) is 0 Å². The molecular weight excluding hydrogens is 294 g/mol. The zero-order chi connectivity index (χ0) is 16.5. The van der Waals surface area contributed by atoms with Gasteiger partial charge in [0, 0.05) is 6.04 Å². The zero-order valence-electron chi connectivity index (χ0n) is 14.4. The summed E-state index contributed by atoms with van der Waals surface area (Å²) in [6.45, 7) is 10.9.